The summed E-state index contributed by atoms with van der Waals surface area (Å²) in [5.41, 5.74) is 7.45. The van der Waals surface area contributed by atoms with Crippen molar-refractivity contribution in [3.05, 3.63) is 53.7 Å². The topological polar surface area (TPSA) is 78.8 Å². The lowest BCUT2D eigenvalue weighted by atomic mass is 10.2. The molecule has 1 aliphatic rings. The van der Waals surface area contributed by atoms with Crippen molar-refractivity contribution in [2.45, 2.75) is 36.4 Å². The number of nitrogens with two attached hydrogens (primary N) is 1. The number of rotatable bonds is 6. The van der Waals surface area contributed by atoms with Crippen molar-refractivity contribution in [3.8, 4) is 10.7 Å². The number of nitrogens with zero attached hydrogens (tertiary/aromatic N) is 4. The molecule has 0 spiro atoms. The molecule has 0 unspecified atom stereocenters. The number of aromatic nitrogens is 4. The van der Waals surface area contributed by atoms with Gasteiger partial charge in [-0.1, -0.05) is 17.8 Å². The van der Waals surface area contributed by atoms with Gasteiger partial charge in [0.25, 0.3) is 0 Å². The van der Waals surface area contributed by atoms with Gasteiger partial charge in [0.2, 0.25) is 0 Å². The minimum Gasteiger partial charge on any atom is -0.397 e. The average molecular weight is 460 g/mol. The standard InChI is InChI=1S/C21H19F2N5OS2/c22-13-6-5-12(16(23)9-13)11-30-21-27-26-19(28(21)10-14-3-2-8-29-14)18-17(24)15-4-1-7-25-20(15)31-18/h1,4-7,9,14H,2-3,8,10-11,24H2/t14-/m1/s1. The normalized spacial score (nSPS) is 16.4. The molecule has 5 rings (SSSR count). The van der Waals surface area contributed by atoms with E-state index in [0.717, 1.165) is 40.6 Å². The van der Waals surface area contributed by atoms with E-state index in [2.05, 4.69) is 15.2 Å². The molecule has 31 heavy (non-hydrogen) atoms. The second kappa shape index (κ2) is 8.52. The third kappa shape index (κ3) is 4.02. The first-order valence-corrected chi connectivity index (χ1v) is 11.7. The van der Waals surface area contributed by atoms with Crippen molar-refractivity contribution in [2.75, 3.05) is 12.3 Å². The molecule has 0 amide bonds. The smallest absolute Gasteiger partial charge is 0.191 e. The molecule has 1 atom stereocenters. The van der Waals surface area contributed by atoms with E-state index in [9.17, 15) is 8.78 Å². The van der Waals surface area contributed by atoms with Crippen LogP contribution in [0, 0.1) is 11.6 Å². The summed E-state index contributed by atoms with van der Waals surface area (Å²) >= 11 is 2.82. The first kappa shape index (κ1) is 20.3. The Morgan fingerprint density at radius 3 is 2.94 bits per heavy atom. The number of thioether (sulfide) groups is 1. The minimum atomic E-state index is -0.594. The molecule has 0 radical (unpaired) electrons. The fourth-order valence-corrected chi connectivity index (χ4v) is 5.61. The summed E-state index contributed by atoms with van der Waals surface area (Å²) in [4.78, 5) is 6.04. The van der Waals surface area contributed by atoms with Gasteiger partial charge in [-0.25, -0.2) is 13.8 Å². The quantitative estimate of drug-likeness (QED) is 0.414. The first-order chi connectivity index (χ1) is 15.1. The third-order valence-corrected chi connectivity index (χ3v) is 7.35. The van der Waals surface area contributed by atoms with E-state index in [-0.39, 0.29) is 6.10 Å². The average Bonchev–Trinajstić information content (AvgIpc) is 3.48. The molecule has 6 nitrogen and oxygen atoms in total. The van der Waals surface area contributed by atoms with Gasteiger partial charge in [-0.2, -0.15) is 0 Å². The largest absolute Gasteiger partial charge is 0.397 e. The number of pyridine rings is 1. The van der Waals surface area contributed by atoms with Crippen molar-refractivity contribution in [2.24, 2.45) is 0 Å². The minimum absolute atomic E-state index is 0.0605. The second-order valence-electron chi connectivity index (χ2n) is 7.28. The van der Waals surface area contributed by atoms with E-state index in [1.165, 1.54) is 35.2 Å². The van der Waals surface area contributed by atoms with Crippen molar-refractivity contribution in [1.29, 1.82) is 0 Å². The van der Waals surface area contributed by atoms with Crippen LogP contribution in [0.25, 0.3) is 20.9 Å². The molecule has 1 aliphatic heterocycles. The summed E-state index contributed by atoms with van der Waals surface area (Å²) in [6, 6.07) is 7.39. The van der Waals surface area contributed by atoms with Gasteiger partial charge in [-0.3, -0.25) is 4.57 Å². The van der Waals surface area contributed by atoms with E-state index in [4.69, 9.17) is 10.5 Å². The molecule has 0 bridgehead atoms. The predicted octanol–water partition coefficient (Wildman–Crippen LogP) is 4.89. The Bertz CT molecular complexity index is 1240. The van der Waals surface area contributed by atoms with Crippen LogP contribution in [0.4, 0.5) is 14.5 Å². The second-order valence-corrected chi connectivity index (χ2v) is 9.22. The van der Waals surface area contributed by atoms with Crippen LogP contribution in [0.15, 0.2) is 41.7 Å². The Morgan fingerprint density at radius 2 is 2.16 bits per heavy atom. The van der Waals surface area contributed by atoms with Gasteiger partial charge in [-0.05, 0) is 36.6 Å². The molecule has 3 aromatic heterocycles. The number of thiophene rings is 1. The Labute approximate surface area is 185 Å². The molecule has 10 heteroatoms. The zero-order valence-electron chi connectivity index (χ0n) is 16.4. The zero-order chi connectivity index (χ0) is 21.4. The number of hydrogen-bond acceptors (Lipinski definition) is 7. The van der Waals surface area contributed by atoms with Crippen LogP contribution in [-0.4, -0.2) is 32.5 Å². The fourth-order valence-electron chi connectivity index (χ4n) is 3.62. The number of anilines is 1. The molecule has 1 aromatic carbocycles. The highest BCUT2D eigenvalue weighted by molar-refractivity contribution is 7.98. The Morgan fingerprint density at radius 1 is 1.26 bits per heavy atom. The molecule has 1 fully saturated rings. The van der Waals surface area contributed by atoms with Gasteiger partial charge in [0, 0.05) is 30.0 Å². The van der Waals surface area contributed by atoms with Gasteiger partial charge in [0.1, 0.15) is 16.5 Å². The van der Waals surface area contributed by atoms with E-state index in [1.54, 1.807) is 6.20 Å². The summed E-state index contributed by atoms with van der Waals surface area (Å²) in [5.74, 6) is -0.209. The summed E-state index contributed by atoms with van der Waals surface area (Å²) in [5, 5.41) is 10.3. The number of hydrogen-bond donors (Lipinski definition) is 1. The monoisotopic (exact) mass is 459 g/mol. The fraction of sp³-hybridized carbons (Fsp3) is 0.286. The molecule has 0 saturated carbocycles. The summed E-state index contributed by atoms with van der Waals surface area (Å²) in [6.45, 7) is 1.32. The van der Waals surface area contributed by atoms with Crippen molar-refractivity contribution < 1.29 is 13.5 Å². The Balaban J connectivity index is 1.50. The van der Waals surface area contributed by atoms with Gasteiger partial charge in [0.05, 0.1) is 23.2 Å². The van der Waals surface area contributed by atoms with Crippen molar-refractivity contribution >= 4 is 39.0 Å². The number of fused-ring (bicyclic) bond motifs is 1. The van der Waals surface area contributed by atoms with Gasteiger partial charge >= 0.3 is 0 Å². The molecule has 2 N–H and O–H groups in total. The van der Waals surface area contributed by atoms with Crippen LogP contribution in [-0.2, 0) is 17.0 Å². The van der Waals surface area contributed by atoms with Crippen molar-refractivity contribution in [3.63, 3.8) is 0 Å². The Kier molecular flexibility index (Phi) is 5.59. The summed E-state index contributed by atoms with van der Waals surface area (Å²) in [7, 11) is 0. The lowest BCUT2D eigenvalue weighted by Crippen LogP contribution is -2.16. The molecule has 0 aliphatic carbocycles. The van der Waals surface area contributed by atoms with Gasteiger partial charge < -0.3 is 10.5 Å². The zero-order valence-corrected chi connectivity index (χ0v) is 18.1. The lowest BCUT2D eigenvalue weighted by Gasteiger charge is -2.14. The number of halogens is 2. The van der Waals surface area contributed by atoms with E-state index in [1.807, 2.05) is 16.7 Å². The number of ether oxygens (including phenoxy) is 1. The maximum Gasteiger partial charge on any atom is 0.191 e. The maximum absolute atomic E-state index is 14.1. The molecule has 4 aromatic rings. The SMILES string of the molecule is Nc1c(-c2nnc(SCc3ccc(F)cc3F)n2C[C@H]2CCCO2)sc2ncccc12. The predicted molar refractivity (Wildman–Crippen MR) is 118 cm³/mol. The number of nitrogen functional groups attached to an aromatic ring is 1. The van der Waals surface area contributed by atoms with Crippen LogP contribution in [0.3, 0.4) is 0 Å². The van der Waals surface area contributed by atoms with Crippen LogP contribution in [0.2, 0.25) is 0 Å². The van der Waals surface area contributed by atoms with E-state index >= 15 is 0 Å². The van der Waals surface area contributed by atoms with Crippen LogP contribution in [0.5, 0.6) is 0 Å². The summed E-state index contributed by atoms with van der Waals surface area (Å²) < 4.78 is 35.1. The third-order valence-electron chi connectivity index (χ3n) is 5.21. The highest BCUT2D eigenvalue weighted by atomic mass is 32.2. The molecule has 1 saturated heterocycles. The summed E-state index contributed by atoms with van der Waals surface area (Å²) in [6.07, 6.45) is 3.76. The highest BCUT2D eigenvalue weighted by Crippen LogP contribution is 2.40. The molecule has 4 heterocycles. The maximum atomic E-state index is 14.1. The molecular weight excluding hydrogens is 440 g/mol. The van der Waals surface area contributed by atoms with Crippen LogP contribution >= 0.6 is 23.1 Å². The molecule has 160 valence electrons. The molecular formula is C21H19F2N5OS2. The van der Waals surface area contributed by atoms with Crippen LogP contribution in [0.1, 0.15) is 18.4 Å². The van der Waals surface area contributed by atoms with E-state index < -0.39 is 11.6 Å². The number of benzene rings is 1. The Hall–Kier alpha value is -2.56. The van der Waals surface area contributed by atoms with E-state index in [0.29, 0.717) is 34.5 Å². The van der Waals surface area contributed by atoms with Gasteiger partial charge in [-0.15, -0.1) is 21.5 Å². The lowest BCUT2D eigenvalue weighted by molar-refractivity contribution is 0.0953. The first-order valence-electron chi connectivity index (χ1n) is 9.85. The van der Waals surface area contributed by atoms with Crippen molar-refractivity contribution in [1.82, 2.24) is 19.7 Å². The van der Waals surface area contributed by atoms with Gasteiger partial charge in [0.15, 0.2) is 11.0 Å². The highest BCUT2D eigenvalue weighted by Gasteiger charge is 2.25. The van der Waals surface area contributed by atoms with Crippen LogP contribution < -0.4 is 5.73 Å².